The summed E-state index contributed by atoms with van der Waals surface area (Å²) in [5.41, 5.74) is 2.70. The lowest BCUT2D eigenvalue weighted by Gasteiger charge is -2.26. The quantitative estimate of drug-likeness (QED) is 0.530. The van der Waals surface area contributed by atoms with Crippen LogP contribution in [0.1, 0.15) is 16.7 Å². The summed E-state index contributed by atoms with van der Waals surface area (Å²) in [5, 5.41) is 2.20. The van der Waals surface area contributed by atoms with Gasteiger partial charge < -0.3 is 0 Å². The third-order valence-corrected chi connectivity index (χ3v) is 4.70. The molecule has 30 heavy (non-hydrogen) atoms. The average molecular weight is 400 g/mol. The van der Waals surface area contributed by atoms with Crippen LogP contribution in [-0.2, 0) is 16.0 Å². The molecule has 1 saturated heterocycles. The molecule has 0 aliphatic carbocycles. The van der Waals surface area contributed by atoms with Gasteiger partial charge in [0.15, 0.2) is 0 Å². The summed E-state index contributed by atoms with van der Waals surface area (Å²) < 4.78 is 13.3. The number of benzene rings is 3. The Kier molecular flexibility index (Phi) is 5.22. The number of carbonyl (C=O) groups is 3. The van der Waals surface area contributed by atoms with Crippen molar-refractivity contribution in [3.63, 3.8) is 0 Å². The molecule has 0 unspecified atom stereocenters. The fourth-order valence-corrected chi connectivity index (χ4v) is 3.25. The van der Waals surface area contributed by atoms with Crippen molar-refractivity contribution in [2.75, 3.05) is 4.90 Å². The Balaban J connectivity index is 1.57. The molecule has 1 N–H and O–H groups in total. The van der Waals surface area contributed by atoms with Gasteiger partial charge in [0, 0.05) is 0 Å². The monoisotopic (exact) mass is 400 g/mol. The molecule has 1 heterocycles. The molecule has 4 amide bonds. The number of hydrogen-bond acceptors (Lipinski definition) is 3. The smallest absolute Gasteiger partial charge is 0.273 e. The first kappa shape index (κ1) is 19.3. The summed E-state index contributed by atoms with van der Waals surface area (Å²) in [6, 6.07) is 21.3. The van der Waals surface area contributed by atoms with Gasteiger partial charge in [-0.3, -0.25) is 14.9 Å². The number of barbiturate groups is 1. The van der Waals surface area contributed by atoms with Crippen LogP contribution in [0.15, 0.2) is 84.4 Å². The number of urea groups is 1. The predicted octanol–water partition coefficient (Wildman–Crippen LogP) is 4.08. The number of hydrogen-bond donors (Lipinski definition) is 1. The molecular formula is C24H17FN2O3. The number of amides is 4. The van der Waals surface area contributed by atoms with Crippen molar-refractivity contribution in [3.05, 3.63) is 107 Å². The van der Waals surface area contributed by atoms with E-state index in [1.54, 1.807) is 48.5 Å². The van der Waals surface area contributed by atoms with Crippen molar-refractivity contribution in [2.45, 2.75) is 6.42 Å². The fraction of sp³-hybridized carbons (Fsp3) is 0.0417. The van der Waals surface area contributed by atoms with Gasteiger partial charge >= 0.3 is 6.03 Å². The molecule has 0 atom stereocenters. The molecular weight excluding hydrogens is 383 g/mol. The van der Waals surface area contributed by atoms with Gasteiger partial charge in [-0.2, -0.15) is 0 Å². The maximum absolute atomic E-state index is 13.3. The van der Waals surface area contributed by atoms with Crippen LogP contribution in [0.3, 0.4) is 0 Å². The van der Waals surface area contributed by atoms with Gasteiger partial charge in [0.1, 0.15) is 11.4 Å². The van der Waals surface area contributed by atoms with Crippen molar-refractivity contribution >= 4 is 29.6 Å². The predicted molar refractivity (Wildman–Crippen MR) is 111 cm³/mol. The zero-order valence-electron chi connectivity index (χ0n) is 15.8. The van der Waals surface area contributed by atoms with Crippen LogP contribution in [0.2, 0.25) is 0 Å². The molecule has 0 spiro atoms. The fourth-order valence-electron chi connectivity index (χ4n) is 3.25. The highest BCUT2D eigenvalue weighted by Gasteiger charge is 2.36. The number of imide groups is 2. The largest absolute Gasteiger partial charge is 0.335 e. The SMILES string of the molecule is O=C1NC(=O)N(c2ccccc2)C(=O)/C1=C/c1ccc(Cc2cccc(F)c2)cc1. The minimum Gasteiger partial charge on any atom is -0.273 e. The molecule has 6 heteroatoms. The van der Waals surface area contributed by atoms with E-state index in [4.69, 9.17) is 0 Å². The Labute approximate surface area is 172 Å². The first-order valence-electron chi connectivity index (χ1n) is 9.31. The molecule has 148 valence electrons. The number of rotatable bonds is 4. The number of nitrogens with one attached hydrogen (secondary N) is 1. The molecule has 0 bridgehead atoms. The molecule has 1 fully saturated rings. The van der Waals surface area contributed by atoms with E-state index in [1.807, 2.05) is 18.2 Å². The van der Waals surface area contributed by atoms with E-state index in [9.17, 15) is 18.8 Å². The summed E-state index contributed by atoms with van der Waals surface area (Å²) in [6.45, 7) is 0. The first-order chi connectivity index (χ1) is 14.5. The zero-order valence-corrected chi connectivity index (χ0v) is 15.8. The van der Waals surface area contributed by atoms with Crippen LogP contribution < -0.4 is 10.2 Å². The van der Waals surface area contributed by atoms with Gasteiger partial charge in [0.05, 0.1) is 5.69 Å². The Bertz CT molecular complexity index is 1150. The second-order valence-corrected chi connectivity index (χ2v) is 6.84. The van der Waals surface area contributed by atoms with E-state index < -0.39 is 17.8 Å². The maximum atomic E-state index is 13.3. The second kappa shape index (κ2) is 8.13. The summed E-state index contributed by atoms with van der Waals surface area (Å²) in [7, 11) is 0. The van der Waals surface area contributed by atoms with Crippen molar-refractivity contribution in [3.8, 4) is 0 Å². The van der Waals surface area contributed by atoms with Gasteiger partial charge in [0.2, 0.25) is 0 Å². The van der Waals surface area contributed by atoms with Gasteiger partial charge in [-0.25, -0.2) is 14.1 Å². The molecule has 1 aliphatic rings. The highest BCUT2D eigenvalue weighted by molar-refractivity contribution is 6.39. The van der Waals surface area contributed by atoms with E-state index in [0.29, 0.717) is 17.7 Å². The molecule has 3 aromatic rings. The van der Waals surface area contributed by atoms with Gasteiger partial charge in [-0.1, -0.05) is 54.6 Å². The van der Waals surface area contributed by atoms with E-state index in [2.05, 4.69) is 5.32 Å². The van der Waals surface area contributed by atoms with Gasteiger partial charge in [0.25, 0.3) is 11.8 Å². The summed E-state index contributed by atoms with van der Waals surface area (Å²) >= 11 is 0. The van der Waals surface area contributed by atoms with Crippen LogP contribution in [-0.4, -0.2) is 17.8 Å². The van der Waals surface area contributed by atoms with Crippen LogP contribution in [0, 0.1) is 5.82 Å². The third-order valence-electron chi connectivity index (χ3n) is 4.70. The Morgan fingerprint density at radius 3 is 2.27 bits per heavy atom. The molecule has 0 saturated carbocycles. The van der Waals surface area contributed by atoms with Crippen LogP contribution in [0.25, 0.3) is 6.08 Å². The Hall–Kier alpha value is -4.06. The second-order valence-electron chi connectivity index (χ2n) is 6.84. The lowest BCUT2D eigenvalue weighted by molar-refractivity contribution is -0.122. The Morgan fingerprint density at radius 2 is 1.57 bits per heavy atom. The number of nitrogens with zero attached hydrogens (tertiary/aromatic N) is 1. The van der Waals surface area contributed by atoms with Gasteiger partial charge in [-0.15, -0.1) is 0 Å². The van der Waals surface area contributed by atoms with Crippen molar-refractivity contribution < 1.29 is 18.8 Å². The molecule has 4 rings (SSSR count). The zero-order chi connectivity index (χ0) is 21.1. The third kappa shape index (κ3) is 4.03. The molecule has 5 nitrogen and oxygen atoms in total. The highest BCUT2D eigenvalue weighted by atomic mass is 19.1. The average Bonchev–Trinajstić information content (AvgIpc) is 2.73. The van der Waals surface area contributed by atoms with Crippen LogP contribution in [0.5, 0.6) is 0 Å². The topological polar surface area (TPSA) is 66.5 Å². The van der Waals surface area contributed by atoms with E-state index in [0.717, 1.165) is 16.0 Å². The minimum atomic E-state index is -0.779. The minimum absolute atomic E-state index is 0.128. The highest BCUT2D eigenvalue weighted by Crippen LogP contribution is 2.22. The molecule has 3 aromatic carbocycles. The summed E-state index contributed by atoms with van der Waals surface area (Å²) in [6.07, 6.45) is 2.01. The van der Waals surface area contributed by atoms with E-state index >= 15 is 0 Å². The normalized spacial score (nSPS) is 15.4. The number of para-hydroxylation sites is 1. The number of halogens is 1. The van der Waals surface area contributed by atoms with Crippen molar-refractivity contribution in [1.82, 2.24) is 5.32 Å². The van der Waals surface area contributed by atoms with Crippen LogP contribution in [0.4, 0.5) is 14.9 Å². The van der Waals surface area contributed by atoms with Crippen molar-refractivity contribution in [2.24, 2.45) is 0 Å². The van der Waals surface area contributed by atoms with Crippen LogP contribution >= 0.6 is 0 Å². The molecule has 0 radical (unpaired) electrons. The van der Waals surface area contributed by atoms with E-state index in [1.165, 1.54) is 18.2 Å². The summed E-state index contributed by atoms with van der Waals surface area (Å²) in [5.74, 6) is -1.70. The molecule has 1 aliphatic heterocycles. The van der Waals surface area contributed by atoms with E-state index in [-0.39, 0.29) is 11.4 Å². The summed E-state index contributed by atoms with van der Waals surface area (Å²) in [4.78, 5) is 38.2. The lowest BCUT2D eigenvalue weighted by Crippen LogP contribution is -2.54. The first-order valence-corrected chi connectivity index (χ1v) is 9.31. The maximum Gasteiger partial charge on any atom is 0.335 e. The lowest BCUT2D eigenvalue weighted by atomic mass is 10.0. The number of carbonyl (C=O) groups excluding carboxylic acids is 3. The Morgan fingerprint density at radius 1 is 0.833 bits per heavy atom. The molecule has 0 aromatic heterocycles. The standard InChI is InChI=1S/C24H17FN2O3/c25-19-6-4-5-18(14-19)13-16-9-11-17(12-10-16)15-21-22(28)26-24(30)27(23(21)29)20-7-2-1-3-8-20/h1-12,14-15H,13H2,(H,26,28,30)/b21-15+. The van der Waals surface area contributed by atoms with Crippen molar-refractivity contribution in [1.29, 1.82) is 0 Å². The van der Waals surface area contributed by atoms with Gasteiger partial charge in [-0.05, 0) is 53.5 Å². The number of anilines is 1.